The Morgan fingerprint density at radius 1 is 1.23 bits per heavy atom. The molecule has 0 saturated heterocycles. The lowest BCUT2D eigenvalue weighted by Crippen LogP contribution is -2.26. The molecule has 0 unspecified atom stereocenters. The number of halogens is 1. The van der Waals surface area contributed by atoms with E-state index in [0.29, 0.717) is 30.3 Å². The molecule has 8 heteroatoms. The number of benzene rings is 2. The Hall–Kier alpha value is -2.64. The second-order valence-corrected chi connectivity index (χ2v) is 6.21. The van der Waals surface area contributed by atoms with Crippen LogP contribution < -0.4 is 10.1 Å². The molecule has 0 fully saturated rings. The standard InChI is InChI=1S/C18H20ClN3O4/c1-21(2)18(23)9-10-20-12-13-7-8-17(15(11-13)22(24)25)26-16-6-4-3-5-14(16)19/h3-8,11,20H,9-10,12H2,1-2H3. The second-order valence-electron chi connectivity index (χ2n) is 5.81. The van der Waals surface area contributed by atoms with Crippen LogP contribution in [0.5, 0.6) is 11.5 Å². The van der Waals surface area contributed by atoms with Gasteiger partial charge in [0.15, 0.2) is 0 Å². The Balaban J connectivity index is 2.05. The number of nitrogens with zero attached hydrogens (tertiary/aromatic N) is 2. The fourth-order valence-corrected chi connectivity index (χ4v) is 2.37. The number of hydrogen-bond donors (Lipinski definition) is 1. The van der Waals surface area contributed by atoms with Gasteiger partial charge in [0, 0.05) is 39.7 Å². The predicted molar refractivity (Wildman–Crippen MR) is 99.6 cm³/mol. The molecule has 0 spiro atoms. The lowest BCUT2D eigenvalue weighted by atomic mass is 10.2. The van der Waals surface area contributed by atoms with E-state index in [1.807, 2.05) is 0 Å². The maximum absolute atomic E-state index is 11.5. The average molecular weight is 378 g/mol. The third-order valence-corrected chi connectivity index (χ3v) is 3.93. The van der Waals surface area contributed by atoms with E-state index < -0.39 is 4.92 Å². The van der Waals surface area contributed by atoms with Crippen molar-refractivity contribution >= 4 is 23.2 Å². The van der Waals surface area contributed by atoms with Crippen molar-refractivity contribution < 1.29 is 14.5 Å². The molecule has 1 amide bonds. The quantitative estimate of drug-likeness (QED) is 0.431. The van der Waals surface area contributed by atoms with Crippen LogP contribution in [-0.4, -0.2) is 36.4 Å². The number of carbonyl (C=O) groups is 1. The maximum Gasteiger partial charge on any atom is 0.311 e. The van der Waals surface area contributed by atoms with E-state index in [1.54, 1.807) is 50.5 Å². The summed E-state index contributed by atoms with van der Waals surface area (Å²) in [6.07, 6.45) is 0.364. The Labute approximate surface area is 156 Å². The summed E-state index contributed by atoms with van der Waals surface area (Å²) in [7, 11) is 3.40. The molecule has 2 rings (SSSR count). The zero-order valence-electron chi connectivity index (χ0n) is 14.6. The predicted octanol–water partition coefficient (Wildman–Crippen LogP) is 3.61. The highest BCUT2D eigenvalue weighted by Crippen LogP contribution is 2.35. The molecule has 0 aliphatic heterocycles. The number of ether oxygens (including phenoxy) is 1. The minimum atomic E-state index is -0.495. The first-order valence-corrected chi connectivity index (χ1v) is 8.37. The van der Waals surface area contributed by atoms with Crippen LogP contribution in [0.15, 0.2) is 42.5 Å². The minimum absolute atomic E-state index is 0.0203. The number of para-hydroxylation sites is 1. The van der Waals surface area contributed by atoms with Crippen molar-refractivity contribution in [1.82, 2.24) is 10.2 Å². The Morgan fingerprint density at radius 3 is 2.62 bits per heavy atom. The van der Waals surface area contributed by atoms with Gasteiger partial charge in [-0.15, -0.1) is 0 Å². The summed E-state index contributed by atoms with van der Waals surface area (Å²) in [6.45, 7) is 0.899. The Bertz CT molecular complexity index is 796. The van der Waals surface area contributed by atoms with Gasteiger partial charge in [0.25, 0.3) is 0 Å². The van der Waals surface area contributed by atoms with E-state index in [0.717, 1.165) is 5.56 Å². The van der Waals surface area contributed by atoms with Gasteiger partial charge in [-0.2, -0.15) is 0 Å². The monoisotopic (exact) mass is 377 g/mol. The summed E-state index contributed by atoms with van der Waals surface area (Å²) >= 11 is 6.03. The summed E-state index contributed by atoms with van der Waals surface area (Å²) in [6, 6.07) is 11.5. The number of hydrogen-bond acceptors (Lipinski definition) is 5. The first-order valence-electron chi connectivity index (χ1n) is 7.99. The Morgan fingerprint density at radius 2 is 1.96 bits per heavy atom. The van der Waals surface area contributed by atoms with Gasteiger partial charge in [-0.1, -0.05) is 29.8 Å². The first-order chi connectivity index (χ1) is 12.4. The molecule has 7 nitrogen and oxygen atoms in total. The van der Waals surface area contributed by atoms with Gasteiger partial charge in [0.2, 0.25) is 11.7 Å². The fourth-order valence-electron chi connectivity index (χ4n) is 2.20. The van der Waals surface area contributed by atoms with Crippen LogP contribution in [0.3, 0.4) is 0 Å². The highest BCUT2D eigenvalue weighted by Gasteiger charge is 2.17. The van der Waals surface area contributed by atoms with Gasteiger partial charge >= 0.3 is 5.69 Å². The molecule has 0 aliphatic rings. The zero-order chi connectivity index (χ0) is 19.1. The lowest BCUT2D eigenvalue weighted by molar-refractivity contribution is -0.385. The number of nitro benzene ring substituents is 1. The van der Waals surface area contributed by atoms with E-state index in [9.17, 15) is 14.9 Å². The topological polar surface area (TPSA) is 84.7 Å². The number of nitrogens with one attached hydrogen (secondary N) is 1. The van der Waals surface area contributed by atoms with Crippen molar-refractivity contribution in [3.05, 3.63) is 63.2 Å². The highest BCUT2D eigenvalue weighted by molar-refractivity contribution is 6.32. The minimum Gasteiger partial charge on any atom is -0.449 e. The number of amides is 1. The van der Waals surface area contributed by atoms with Crippen LogP contribution in [0.4, 0.5) is 5.69 Å². The summed E-state index contributed by atoms with van der Waals surface area (Å²) in [4.78, 5) is 23.9. The molecule has 0 aliphatic carbocycles. The molecule has 138 valence electrons. The molecule has 2 aromatic rings. The molecule has 2 aromatic carbocycles. The van der Waals surface area contributed by atoms with Crippen molar-refractivity contribution in [2.24, 2.45) is 0 Å². The van der Waals surface area contributed by atoms with Crippen molar-refractivity contribution in [1.29, 1.82) is 0 Å². The van der Waals surface area contributed by atoms with E-state index in [2.05, 4.69) is 5.32 Å². The molecule has 0 aromatic heterocycles. The largest absolute Gasteiger partial charge is 0.449 e. The summed E-state index contributed by atoms with van der Waals surface area (Å²) in [5.74, 6) is 0.493. The van der Waals surface area contributed by atoms with E-state index >= 15 is 0 Å². The van der Waals surface area contributed by atoms with E-state index in [1.165, 1.54) is 11.0 Å². The van der Waals surface area contributed by atoms with Gasteiger partial charge in [-0.3, -0.25) is 14.9 Å². The van der Waals surface area contributed by atoms with Crippen LogP contribution >= 0.6 is 11.6 Å². The van der Waals surface area contributed by atoms with Crippen molar-refractivity contribution in [2.75, 3.05) is 20.6 Å². The van der Waals surface area contributed by atoms with Gasteiger partial charge in [-0.05, 0) is 23.8 Å². The normalized spacial score (nSPS) is 10.4. The Kier molecular flexibility index (Phi) is 6.94. The maximum atomic E-state index is 11.5. The van der Waals surface area contributed by atoms with Crippen molar-refractivity contribution in [2.45, 2.75) is 13.0 Å². The zero-order valence-corrected chi connectivity index (χ0v) is 15.3. The summed E-state index contributed by atoms with van der Waals surface area (Å²) in [5, 5.41) is 14.8. The third-order valence-electron chi connectivity index (χ3n) is 3.62. The van der Waals surface area contributed by atoms with Crippen LogP contribution in [0.2, 0.25) is 5.02 Å². The average Bonchev–Trinajstić information content (AvgIpc) is 2.61. The molecule has 0 saturated carbocycles. The number of rotatable bonds is 8. The van der Waals surface area contributed by atoms with Crippen molar-refractivity contribution in [3.63, 3.8) is 0 Å². The van der Waals surface area contributed by atoms with Crippen LogP contribution in [-0.2, 0) is 11.3 Å². The van der Waals surface area contributed by atoms with Crippen molar-refractivity contribution in [3.8, 4) is 11.5 Å². The molecule has 0 atom stereocenters. The van der Waals surface area contributed by atoms with Crippen LogP contribution in [0.25, 0.3) is 0 Å². The van der Waals surface area contributed by atoms with Gasteiger partial charge in [0.1, 0.15) is 5.75 Å². The molecule has 1 N–H and O–H groups in total. The molecule has 0 heterocycles. The van der Waals surface area contributed by atoms with Gasteiger partial charge < -0.3 is 15.0 Å². The van der Waals surface area contributed by atoms with Crippen LogP contribution in [0.1, 0.15) is 12.0 Å². The van der Waals surface area contributed by atoms with Gasteiger partial charge in [0.05, 0.1) is 9.95 Å². The molecular weight excluding hydrogens is 358 g/mol. The number of nitro groups is 1. The SMILES string of the molecule is CN(C)C(=O)CCNCc1ccc(Oc2ccccc2Cl)c([N+](=O)[O-])c1. The van der Waals surface area contributed by atoms with E-state index in [-0.39, 0.29) is 17.3 Å². The number of carbonyl (C=O) groups excluding carboxylic acids is 1. The second kappa shape index (κ2) is 9.17. The molecular formula is C18H20ClN3O4. The summed E-state index contributed by atoms with van der Waals surface area (Å²) < 4.78 is 5.60. The smallest absolute Gasteiger partial charge is 0.311 e. The van der Waals surface area contributed by atoms with E-state index in [4.69, 9.17) is 16.3 Å². The molecule has 0 bridgehead atoms. The molecule has 0 radical (unpaired) electrons. The van der Waals surface area contributed by atoms with Gasteiger partial charge in [-0.25, -0.2) is 0 Å². The van der Waals surface area contributed by atoms with Crippen LogP contribution in [0, 0.1) is 10.1 Å². The third kappa shape index (κ3) is 5.44. The summed E-state index contributed by atoms with van der Waals surface area (Å²) in [5.41, 5.74) is 0.578. The first kappa shape index (κ1) is 19.7. The molecule has 26 heavy (non-hydrogen) atoms. The fraction of sp³-hybridized carbons (Fsp3) is 0.278. The highest BCUT2D eigenvalue weighted by atomic mass is 35.5. The lowest BCUT2D eigenvalue weighted by Gasteiger charge is -2.11.